The number of aryl methyl sites for hydroxylation is 2. The Kier molecular flexibility index (Phi) is 4.80. The largest absolute Gasteiger partial charge is 0.360 e. The van der Waals surface area contributed by atoms with Gasteiger partial charge in [-0.2, -0.15) is 5.10 Å². The molecule has 1 N–H and O–H groups in total. The van der Waals surface area contributed by atoms with E-state index in [0.29, 0.717) is 0 Å². The molecule has 0 fully saturated rings. The van der Waals surface area contributed by atoms with Crippen molar-refractivity contribution in [2.45, 2.75) is 33.7 Å². The minimum Gasteiger partial charge on any atom is -0.360 e. The highest BCUT2D eigenvalue weighted by Crippen LogP contribution is 2.22. The van der Waals surface area contributed by atoms with E-state index < -0.39 is 0 Å². The van der Waals surface area contributed by atoms with Gasteiger partial charge in [0.2, 0.25) is 0 Å². The van der Waals surface area contributed by atoms with E-state index in [4.69, 9.17) is 0 Å². The van der Waals surface area contributed by atoms with Gasteiger partial charge >= 0.3 is 0 Å². The summed E-state index contributed by atoms with van der Waals surface area (Å²) in [4.78, 5) is 2.28. The van der Waals surface area contributed by atoms with E-state index in [-0.39, 0.29) is 0 Å². The van der Waals surface area contributed by atoms with Gasteiger partial charge in [0.15, 0.2) is 0 Å². The van der Waals surface area contributed by atoms with Crippen molar-refractivity contribution >= 4 is 5.82 Å². The molecule has 0 saturated carbocycles. The summed E-state index contributed by atoms with van der Waals surface area (Å²) in [6, 6.07) is 0. The fourth-order valence-corrected chi connectivity index (χ4v) is 2.07. The van der Waals surface area contributed by atoms with Crippen molar-refractivity contribution in [2.24, 2.45) is 7.05 Å². The van der Waals surface area contributed by atoms with Crippen LogP contribution >= 0.6 is 0 Å². The Bertz CT molecular complexity index is 330. The van der Waals surface area contributed by atoms with Gasteiger partial charge in [0.25, 0.3) is 0 Å². The summed E-state index contributed by atoms with van der Waals surface area (Å²) in [7, 11) is 4.15. The Morgan fingerprint density at radius 1 is 1.38 bits per heavy atom. The second kappa shape index (κ2) is 5.89. The van der Waals surface area contributed by atoms with Crippen LogP contribution in [0.25, 0.3) is 0 Å². The molecule has 1 heterocycles. The first-order chi connectivity index (χ1) is 7.61. The molecule has 0 atom stereocenters. The number of anilines is 1. The molecule has 0 saturated heterocycles. The van der Waals surface area contributed by atoms with Crippen LogP contribution < -0.4 is 10.2 Å². The third kappa shape index (κ3) is 2.76. The first-order valence-corrected chi connectivity index (χ1v) is 6.06. The maximum Gasteiger partial charge on any atom is 0.131 e. The van der Waals surface area contributed by atoms with Gasteiger partial charge in [0, 0.05) is 32.7 Å². The molecule has 0 aromatic carbocycles. The summed E-state index contributed by atoms with van der Waals surface area (Å²) in [6.45, 7) is 9.36. The molecule has 0 spiro atoms. The van der Waals surface area contributed by atoms with Crippen LogP contribution in [0, 0.1) is 6.92 Å². The molecule has 16 heavy (non-hydrogen) atoms. The standard InChI is InChI=1S/C12H24N4/c1-6-8-15(4)12-11(9-13-7-2)10(3)14-16(12)5/h13H,6-9H2,1-5H3. The first-order valence-electron chi connectivity index (χ1n) is 6.06. The van der Waals surface area contributed by atoms with Gasteiger partial charge in [-0.15, -0.1) is 0 Å². The second-order valence-corrected chi connectivity index (χ2v) is 4.21. The molecule has 4 heteroatoms. The summed E-state index contributed by atoms with van der Waals surface area (Å²) in [5.74, 6) is 1.24. The fourth-order valence-electron chi connectivity index (χ4n) is 2.07. The van der Waals surface area contributed by atoms with E-state index in [1.54, 1.807) is 0 Å². The second-order valence-electron chi connectivity index (χ2n) is 4.21. The van der Waals surface area contributed by atoms with Crippen molar-refractivity contribution < 1.29 is 0 Å². The highest BCUT2D eigenvalue weighted by atomic mass is 15.4. The molecule has 0 aliphatic rings. The van der Waals surface area contributed by atoms with E-state index in [2.05, 4.69) is 43.1 Å². The van der Waals surface area contributed by atoms with Gasteiger partial charge in [-0.05, 0) is 19.9 Å². The Balaban J connectivity index is 2.95. The Labute approximate surface area is 98.6 Å². The summed E-state index contributed by atoms with van der Waals surface area (Å²) < 4.78 is 1.98. The highest BCUT2D eigenvalue weighted by Gasteiger charge is 2.15. The monoisotopic (exact) mass is 224 g/mol. The lowest BCUT2D eigenvalue weighted by molar-refractivity contribution is 0.705. The van der Waals surface area contributed by atoms with Crippen LogP contribution in [0.15, 0.2) is 0 Å². The summed E-state index contributed by atoms with van der Waals surface area (Å²) in [5.41, 5.74) is 2.45. The zero-order valence-electron chi connectivity index (χ0n) is 11.2. The third-order valence-corrected chi connectivity index (χ3v) is 2.79. The molecule has 0 unspecified atom stereocenters. The van der Waals surface area contributed by atoms with E-state index in [1.165, 1.54) is 11.4 Å². The van der Waals surface area contributed by atoms with Gasteiger partial charge < -0.3 is 10.2 Å². The molecule has 0 aliphatic carbocycles. The van der Waals surface area contributed by atoms with Gasteiger partial charge in [-0.3, -0.25) is 4.68 Å². The zero-order chi connectivity index (χ0) is 12.1. The maximum atomic E-state index is 4.50. The van der Waals surface area contributed by atoms with Gasteiger partial charge in [-0.25, -0.2) is 0 Å². The lowest BCUT2D eigenvalue weighted by Gasteiger charge is -2.20. The third-order valence-electron chi connectivity index (χ3n) is 2.79. The van der Waals surface area contributed by atoms with Gasteiger partial charge in [0.05, 0.1) is 5.69 Å². The van der Waals surface area contributed by atoms with Crippen molar-refractivity contribution in [1.29, 1.82) is 0 Å². The Hall–Kier alpha value is -1.03. The average molecular weight is 224 g/mol. The molecule has 1 aromatic rings. The molecular weight excluding hydrogens is 200 g/mol. The molecule has 92 valence electrons. The predicted molar refractivity (Wildman–Crippen MR) is 68.9 cm³/mol. The smallest absolute Gasteiger partial charge is 0.131 e. The van der Waals surface area contributed by atoms with Gasteiger partial charge in [0.1, 0.15) is 5.82 Å². The quantitative estimate of drug-likeness (QED) is 0.798. The summed E-state index contributed by atoms with van der Waals surface area (Å²) in [5, 5.41) is 7.88. The van der Waals surface area contributed by atoms with E-state index in [1.807, 2.05) is 11.7 Å². The Morgan fingerprint density at radius 2 is 2.06 bits per heavy atom. The molecule has 1 rings (SSSR count). The highest BCUT2D eigenvalue weighted by molar-refractivity contribution is 5.49. The van der Waals surface area contributed by atoms with Crippen LogP contribution in [0.3, 0.4) is 0 Å². The minimum absolute atomic E-state index is 0.902. The zero-order valence-corrected chi connectivity index (χ0v) is 11.2. The van der Waals surface area contributed by atoms with Crippen molar-refractivity contribution in [2.75, 3.05) is 25.0 Å². The van der Waals surface area contributed by atoms with Crippen LogP contribution in [0.1, 0.15) is 31.5 Å². The topological polar surface area (TPSA) is 33.1 Å². The maximum absolute atomic E-state index is 4.50. The van der Waals surface area contributed by atoms with Crippen molar-refractivity contribution in [3.05, 3.63) is 11.3 Å². The summed E-state index contributed by atoms with van der Waals surface area (Å²) in [6.07, 6.45) is 1.15. The number of nitrogens with one attached hydrogen (secondary N) is 1. The average Bonchev–Trinajstić information content (AvgIpc) is 2.50. The lowest BCUT2D eigenvalue weighted by Crippen LogP contribution is -2.23. The minimum atomic E-state index is 0.902. The molecule has 1 aromatic heterocycles. The fraction of sp³-hybridized carbons (Fsp3) is 0.750. The van der Waals surface area contributed by atoms with Gasteiger partial charge in [-0.1, -0.05) is 13.8 Å². The van der Waals surface area contributed by atoms with Crippen molar-refractivity contribution in [3.63, 3.8) is 0 Å². The van der Waals surface area contributed by atoms with E-state index >= 15 is 0 Å². The number of aromatic nitrogens is 2. The number of nitrogens with zero attached hydrogens (tertiary/aromatic N) is 3. The van der Waals surface area contributed by atoms with Crippen LogP contribution in [0.2, 0.25) is 0 Å². The predicted octanol–water partition coefficient (Wildman–Crippen LogP) is 1.68. The van der Waals surface area contributed by atoms with Crippen molar-refractivity contribution in [3.8, 4) is 0 Å². The number of rotatable bonds is 6. The van der Waals surface area contributed by atoms with Crippen LogP contribution in [-0.2, 0) is 13.6 Å². The number of hydrogen-bond donors (Lipinski definition) is 1. The lowest BCUT2D eigenvalue weighted by atomic mass is 10.2. The molecular formula is C12H24N4. The SMILES string of the molecule is CCCN(C)c1c(CNCC)c(C)nn1C. The number of hydrogen-bond acceptors (Lipinski definition) is 3. The molecule has 4 nitrogen and oxygen atoms in total. The summed E-state index contributed by atoms with van der Waals surface area (Å²) >= 11 is 0. The van der Waals surface area contributed by atoms with Crippen LogP contribution in [-0.4, -0.2) is 29.9 Å². The van der Waals surface area contributed by atoms with Crippen LogP contribution in [0.5, 0.6) is 0 Å². The molecule has 0 amide bonds. The Morgan fingerprint density at radius 3 is 2.62 bits per heavy atom. The van der Waals surface area contributed by atoms with Crippen molar-refractivity contribution in [1.82, 2.24) is 15.1 Å². The first kappa shape index (κ1) is 13.0. The van der Waals surface area contributed by atoms with E-state index in [0.717, 1.165) is 31.7 Å². The normalized spacial score (nSPS) is 10.8. The van der Waals surface area contributed by atoms with Crippen LogP contribution in [0.4, 0.5) is 5.82 Å². The molecule has 0 aliphatic heterocycles. The van der Waals surface area contributed by atoms with E-state index in [9.17, 15) is 0 Å². The molecule has 0 radical (unpaired) electrons. The molecule has 0 bridgehead atoms.